The Hall–Kier alpha value is -0.870. The second-order valence-corrected chi connectivity index (χ2v) is 2.73. The van der Waals surface area contributed by atoms with Gasteiger partial charge in [0.25, 0.3) is 0 Å². The van der Waals surface area contributed by atoms with Crippen LogP contribution in [0.25, 0.3) is 0 Å². The van der Waals surface area contributed by atoms with Crippen LogP contribution in [0, 0.1) is 0 Å². The molecule has 0 aliphatic heterocycles. The molecule has 0 aliphatic carbocycles. The second-order valence-electron chi connectivity index (χ2n) is 2.73. The highest BCUT2D eigenvalue weighted by molar-refractivity contribution is 5.86. The maximum atomic E-state index is 10.6. The van der Waals surface area contributed by atoms with Crippen LogP contribution in [0.15, 0.2) is 11.6 Å². The van der Waals surface area contributed by atoms with Crippen LogP contribution >= 0.6 is 0 Å². The minimum Gasteiger partial charge on any atom is -0.478 e. The standard InChI is InChI=1S/C9H16O4/c10-6-2-1-4-8(9(12)13)5-3-7-11/h4,10-11H,1-3,5-7H2,(H,12,13). The lowest BCUT2D eigenvalue weighted by Crippen LogP contribution is -2.01. The number of carboxylic acid groups (broad SMARTS) is 1. The molecule has 0 amide bonds. The third kappa shape index (κ3) is 6.31. The number of carbonyl (C=O) groups is 1. The summed E-state index contributed by atoms with van der Waals surface area (Å²) < 4.78 is 0. The molecule has 0 saturated heterocycles. The SMILES string of the molecule is O=C(O)C(=CCCCO)CCCO. The molecule has 0 rings (SSSR count). The quantitative estimate of drug-likeness (QED) is 0.402. The second kappa shape index (κ2) is 7.76. The molecular weight excluding hydrogens is 172 g/mol. The molecular formula is C9H16O4. The smallest absolute Gasteiger partial charge is 0.331 e. The molecule has 3 N–H and O–H groups in total. The van der Waals surface area contributed by atoms with Crippen LogP contribution < -0.4 is 0 Å². The summed E-state index contributed by atoms with van der Waals surface area (Å²) in [5, 5.41) is 25.7. The van der Waals surface area contributed by atoms with Crippen LogP contribution in [0.4, 0.5) is 0 Å². The van der Waals surface area contributed by atoms with E-state index in [0.717, 1.165) is 0 Å². The van der Waals surface area contributed by atoms with Gasteiger partial charge in [-0.2, -0.15) is 0 Å². The largest absolute Gasteiger partial charge is 0.478 e. The van der Waals surface area contributed by atoms with Gasteiger partial charge in [0.1, 0.15) is 0 Å². The van der Waals surface area contributed by atoms with Gasteiger partial charge in [0.15, 0.2) is 0 Å². The maximum Gasteiger partial charge on any atom is 0.331 e. The van der Waals surface area contributed by atoms with E-state index < -0.39 is 5.97 Å². The van der Waals surface area contributed by atoms with Crippen molar-refractivity contribution in [3.8, 4) is 0 Å². The lowest BCUT2D eigenvalue weighted by Gasteiger charge is -2.00. The number of allylic oxidation sites excluding steroid dienone is 1. The first-order valence-electron chi connectivity index (χ1n) is 4.36. The lowest BCUT2D eigenvalue weighted by atomic mass is 10.1. The van der Waals surface area contributed by atoms with Gasteiger partial charge in [-0.05, 0) is 25.7 Å². The van der Waals surface area contributed by atoms with Gasteiger partial charge in [-0.1, -0.05) is 6.08 Å². The van der Waals surface area contributed by atoms with E-state index in [0.29, 0.717) is 31.3 Å². The predicted octanol–water partition coefficient (Wildman–Crippen LogP) is 0.542. The van der Waals surface area contributed by atoms with Crippen LogP contribution in [0.3, 0.4) is 0 Å². The Labute approximate surface area is 77.5 Å². The van der Waals surface area contributed by atoms with Gasteiger partial charge in [0.05, 0.1) is 0 Å². The molecule has 0 heterocycles. The lowest BCUT2D eigenvalue weighted by molar-refractivity contribution is -0.132. The molecule has 0 spiro atoms. The summed E-state index contributed by atoms with van der Waals surface area (Å²) in [5.41, 5.74) is 0.322. The molecule has 0 saturated carbocycles. The molecule has 0 aliphatic rings. The minimum absolute atomic E-state index is 0.00458. The van der Waals surface area contributed by atoms with Crippen molar-refractivity contribution < 1.29 is 20.1 Å². The van der Waals surface area contributed by atoms with Gasteiger partial charge in [0.2, 0.25) is 0 Å². The zero-order valence-electron chi connectivity index (χ0n) is 7.57. The van der Waals surface area contributed by atoms with Gasteiger partial charge in [-0.15, -0.1) is 0 Å². The summed E-state index contributed by atoms with van der Waals surface area (Å²) in [5.74, 6) is -0.939. The number of aliphatic hydroxyl groups is 2. The Morgan fingerprint density at radius 3 is 2.23 bits per heavy atom. The average Bonchev–Trinajstić information content (AvgIpc) is 2.10. The Bertz CT molecular complexity index is 174. The fraction of sp³-hybridized carbons (Fsp3) is 0.667. The summed E-state index contributed by atoms with van der Waals surface area (Å²) in [4.78, 5) is 10.6. The maximum absolute atomic E-state index is 10.6. The van der Waals surface area contributed by atoms with Gasteiger partial charge in [-0.25, -0.2) is 4.79 Å². The zero-order chi connectivity index (χ0) is 10.1. The minimum atomic E-state index is -0.939. The number of hydrogen-bond acceptors (Lipinski definition) is 3. The van der Waals surface area contributed by atoms with E-state index in [2.05, 4.69) is 0 Å². The van der Waals surface area contributed by atoms with Gasteiger partial charge in [-0.3, -0.25) is 0 Å². The van der Waals surface area contributed by atoms with Crippen molar-refractivity contribution in [1.29, 1.82) is 0 Å². The Kier molecular flexibility index (Phi) is 7.24. The molecule has 0 aromatic carbocycles. The fourth-order valence-corrected chi connectivity index (χ4v) is 0.933. The summed E-state index contributed by atoms with van der Waals surface area (Å²) in [6.07, 6.45) is 3.61. The molecule has 76 valence electrons. The van der Waals surface area contributed by atoms with E-state index in [9.17, 15) is 4.79 Å². The van der Waals surface area contributed by atoms with Crippen molar-refractivity contribution in [1.82, 2.24) is 0 Å². The number of aliphatic hydroxyl groups excluding tert-OH is 2. The van der Waals surface area contributed by atoms with Gasteiger partial charge >= 0.3 is 5.97 Å². The topological polar surface area (TPSA) is 77.8 Å². The molecule has 0 aromatic heterocycles. The molecule has 0 fully saturated rings. The third-order valence-electron chi connectivity index (χ3n) is 1.63. The number of hydrogen-bond donors (Lipinski definition) is 3. The first-order chi connectivity index (χ1) is 6.22. The highest BCUT2D eigenvalue weighted by Crippen LogP contribution is 2.07. The highest BCUT2D eigenvalue weighted by atomic mass is 16.4. The molecule has 4 nitrogen and oxygen atoms in total. The van der Waals surface area contributed by atoms with Gasteiger partial charge in [0, 0.05) is 18.8 Å². The van der Waals surface area contributed by atoms with Crippen molar-refractivity contribution in [3.63, 3.8) is 0 Å². The predicted molar refractivity (Wildman–Crippen MR) is 48.4 cm³/mol. The first-order valence-corrected chi connectivity index (χ1v) is 4.36. The molecule has 0 unspecified atom stereocenters. The number of carboxylic acids is 1. The summed E-state index contributed by atoms with van der Waals surface area (Å²) in [6.45, 7) is 0.0774. The fourth-order valence-electron chi connectivity index (χ4n) is 0.933. The van der Waals surface area contributed by atoms with Crippen molar-refractivity contribution >= 4 is 5.97 Å². The van der Waals surface area contributed by atoms with Crippen LogP contribution in [0.1, 0.15) is 25.7 Å². The Morgan fingerprint density at radius 2 is 1.77 bits per heavy atom. The number of unbranched alkanes of at least 4 members (excludes halogenated alkanes) is 1. The van der Waals surface area contributed by atoms with E-state index in [1.165, 1.54) is 0 Å². The Morgan fingerprint density at radius 1 is 1.15 bits per heavy atom. The molecule has 0 atom stereocenters. The molecule has 0 aromatic rings. The van der Waals surface area contributed by atoms with Crippen molar-refractivity contribution in [2.24, 2.45) is 0 Å². The highest BCUT2D eigenvalue weighted by Gasteiger charge is 2.05. The number of rotatable bonds is 7. The molecule has 0 bridgehead atoms. The zero-order valence-corrected chi connectivity index (χ0v) is 7.57. The Balaban J connectivity index is 3.92. The van der Waals surface area contributed by atoms with Crippen LogP contribution in [-0.2, 0) is 4.79 Å². The van der Waals surface area contributed by atoms with Crippen LogP contribution in [-0.4, -0.2) is 34.5 Å². The van der Waals surface area contributed by atoms with E-state index in [-0.39, 0.29) is 13.2 Å². The molecule has 4 heteroatoms. The monoisotopic (exact) mass is 188 g/mol. The summed E-state index contributed by atoms with van der Waals surface area (Å²) >= 11 is 0. The van der Waals surface area contributed by atoms with Gasteiger partial charge < -0.3 is 15.3 Å². The van der Waals surface area contributed by atoms with E-state index in [1.54, 1.807) is 6.08 Å². The number of aliphatic carboxylic acids is 1. The van der Waals surface area contributed by atoms with Crippen LogP contribution in [0.2, 0.25) is 0 Å². The first kappa shape index (κ1) is 12.1. The van der Waals surface area contributed by atoms with E-state index >= 15 is 0 Å². The normalized spacial score (nSPS) is 11.7. The molecule has 13 heavy (non-hydrogen) atoms. The average molecular weight is 188 g/mol. The summed E-state index contributed by atoms with van der Waals surface area (Å²) in [6, 6.07) is 0. The van der Waals surface area contributed by atoms with Crippen molar-refractivity contribution in [3.05, 3.63) is 11.6 Å². The van der Waals surface area contributed by atoms with Crippen molar-refractivity contribution in [2.45, 2.75) is 25.7 Å². The van der Waals surface area contributed by atoms with Crippen molar-refractivity contribution in [2.75, 3.05) is 13.2 Å². The van der Waals surface area contributed by atoms with E-state index in [1.807, 2.05) is 0 Å². The molecule has 0 radical (unpaired) electrons. The summed E-state index contributed by atoms with van der Waals surface area (Å²) in [7, 11) is 0. The van der Waals surface area contributed by atoms with E-state index in [4.69, 9.17) is 15.3 Å². The van der Waals surface area contributed by atoms with Crippen LogP contribution in [0.5, 0.6) is 0 Å². The third-order valence-corrected chi connectivity index (χ3v) is 1.63.